The monoisotopic (exact) mass is 456 g/mol. The fraction of sp³-hybridized carbons (Fsp3) is 0.519. The first kappa shape index (κ1) is 26.5. The maximum Gasteiger partial charge on any atom is 0.220 e. The number of hydrogen-bond donors (Lipinski definition) is 4. The zero-order valence-electron chi connectivity index (χ0n) is 20.4. The van der Waals surface area contributed by atoms with Gasteiger partial charge in [0.1, 0.15) is 17.2 Å². The number of benzene rings is 2. The van der Waals surface area contributed by atoms with Crippen LogP contribution in [0.4, 0.5) is 0 Å². The molecule has 0 aliphatic rings. The average Bonchev–Trinajstić information content (AvgIpc) is 2.80. The first-order valence-electron chi connectivity index (χ1n) is 12.2. The highest BCUT2D eigenvalue weighted by Gasteiger charge is 2.16. The molecule has 6 heteroatoms. The van der Waals surface area contributed by atoms with Crippen LogP contribution in [0, 0.1) is 6.92 Å². The fourth-order valence-corrected chi connectivity index (χ4v) is 3.97. The van der Waals surface area contributed by atoms with Gasteiger partial charge in [-0.25, -0.2) is 0 Å². The molecule has 0 bridgehead atoms. The van der Waals surface area contributed by atoms with Gasteiger partial charge in [-0.15, -0.1) is 0 Å². The fourth-order valence-electron chi connectivity index (χ4n) is 3.97. The Kier molecular flexibility index (Phi) is 11.0. The van der Waals surface area contributed by atoms with Crippen molar-refractivity contribution >= 4 is 22.8 Å². The summed E-state index contributed by atoms with van der Waals surface area (Å²) in [4.78, 5) is 14.7. The van der Waals surface area contributed by atoms with Gasteiger partial charge >= 0.3 is 0 Å². The third-order valence-electron chi connectivity index (χ3n) is 6.00. The van der Waals surface area contributed by atoms with Crippen LogP contribution in [0.3, 0.4) is 0 Å². The molecule has 4 N–H and O–H groups in total. The number of fused-ring (bicyclic) bond motifs is 1. The zero-order valence-corrected chi connectivity index (χ0v) is 20.4. The molecule has 6 nitrogen and oxygen atoms in total. The van der Waals surface area contributed by atoms with Gasteiger partial charge in [0.2, 0.25) is 5.91 Å². The standard InChI is InChI=1S/C27H40N2O4/c1-4-6-17-29(18-7-5-2)19-11-16-28-24(31)15-9-8-12-21-20(3)26(32)22-13-10-14-23(30)25(22)27(21)33/h8,10,12-14,30,32-33H,4-7,9,11,15-19H2,1-3H3,(H,28,31)/b12-8+. The SMILES string of the molecule is CCCCN(CCCC)CCCNC(=O)CC/C=C/c1c(C)c(O)c2cccc(O)c2c1O. The number of rotatable bonds is 14. The van der Waals surface area contributed by atoms with E-state index in [0.29, 0.717) is 35.9 Å². The smallest absolute Gasteiger partial charge is 0.220 e. The Morgan fingerprint density at radius 2 is 1.67 bits per heavy atom. The second kappa shape index (κ2) is 13.7. The lowest BCUT2D eigenvalue weighted by molar-refractivity contribution is -0.121. The number of phenolic OH excluding ortho intramolecular Hbond substituents is 3. The third-order valence-corrected chi connectivity index (χ3v) is 6.00. The van der Waals surface area contributed by atoms with Crippen LogP contribution >= 0.6 is 0 Å². The van der Waals surface area contributed by atoms with Crippen LogP contribution in [-0.4, -0.2) is 52.3 Å². The Hall–Kier alpha value is -2.73. The van der Waals surface area contributed by atoms with Gasteiger partial charge in [0, 0.05) is 29.5 Å². The number of unbranched alkanes of at least 4 members (excludes halogenated alkanes) is 2. The highest BCUT2D eigenvalue weighted by molar-refractivity contribution is 6.01. The van der Waals surface area contributed by atoms with Crippen LogP contribution in [0.2, 0.25) is 0 Å². The van der Waals surface area contributed by atoms with Gasteiger partial charge in [0.05, 0.1) is 5.39 Å². The van der Waals surface area contributed by atoms with Crippen LogP contribution in [0.5, 0.6) is 17.2 Å². The number of aromatic hydroxyl groups is 3. The van der Waals surface area contributed by atoms with Crippen molar-refractivity contribution in [3.05, 3.63) is 35.4 Å². The molecule has 0 heterocycles. The number of hydrogen-bond acceptors (Lipinski definition) is 5. The molecular weight excluding hydrogens is 416 g/mol. The van der Waals surface area contributed by atoms with E-state index in [2.05, 4.69) is 24.1 Å². The van der Waals surface area contributed by atoms with Crippen molar-refractivity contribution in [2.24, 2.45) is 0 Å². The predicted octanol–water partition coefficient (Wildman–Crippen LogP) is 5.47. The van der Waals surface area contributed by atoms with Crippen LogP contribution in [0.15, 0.2) is 24.3 Å². The molecule has 182 valence electrons. The van der Waals surface area contributed by atoms with Gasteiger partial charge in [-0.05, 0) is 58.3 Å². The van der Waals surface area contributed by atoms with E-state index < -0.39 is 0 Å². The molecule has 0 unspecified atom stereocenters. The average molecular weight is 457 g/mol. The summed E-state index contributed by atoms with van der Waals surface area (Å²) in [5.41, 5.74) is 0.975. The molecule has 2 rings (SSSR count). The molecule has 0 aliphatic carbocycles. The normalized spacial score (nSPS) is 11.6. The molecule has 0 aliphatic heterocycles. The second-order valence-electron chi connectivity index (χ2n) is 8.63. The number of phenols is 3. The van der Waals surface area contributed by atoms with Gasteiger partial charge in [0.25, 0.3) is 0 Å². The zero-order chi connectivity index (χ0) is 24.2. The van der Waals surface area contributed by atoms with Crippen LogP contribution < -0.4 is 5.32 Å². The quantitative estimate of drug-likeness (QED) is 0.224. The molecule has 33 heavy (non-hydrogen) atoms. The van der Waals surface area contributed by atoms with Gasteiger partial charge in [0.15, 0.2) is 0 Å². The van der Waals surface area contributed by atoms with Gasteiger partial charge in [-0.3, -0.25) is 4.79 Å². The van der Waals surface area contributed by atoms with E-state index in [1.807, 2.05) is 6.08 Å². The summed E-state index contributed by atoms with van der Waals surface area (Å²) in [5.74, 6) is -0.122. The lowest BCUT2D eigenvalue weighted by Crippen LogP contribution is -2.31. The number of allylic oxidation sites excluding steroid dienone is 1. The molecule has 0 fully saturated rings. The molecule has 2 aromatic carbocycles. The highest BCUT2D eigenvalue weighted by atomic mass is 16.3. The van der Waals surface area contributed by atoms with Crippen molar-refractivity contribution < 1.29 is 20.1 Å². The lowest BCUT2D eigenvalue weighted by Gasteiger charge is -2.21. The first-order valence-corrected chi connectivity index (χ1v) is 12.2. The van der Waals surface area contributed by atoms with Crippen molar-refractivity contribution in [2.75, 3.05) is 26.2 Å². The molecule has 2 aromatic rings. The number of carbonyl (C=O) groups is 1. The van der Waals surface area contributed by atoms with Crippen molar-refractivity contribution in [2.45, 2.75) is 65.7 Å². The van der Waals surface area contributed by atoms with Crippen molar-refractivity contribution in [1.29, 1.82) is 0 Å². The number of carbonyl (C=O) groups excluding carboxylic acids is 1. The Labute approximate surface area is 197 Å². The largest absolute Gasteiger partial charge is 0.507 e. The van der Waals surface area contributed by atoms with E-state index in [1.165, 1.54) is 31.7 Å². The van der Waals surface area contributed by atoms with Crippen molar-refractivity contribution in [1.82, 2.24) is 10.2 Å². The molecule has 0 aromatic heterocycles. The molecule has 0 atom stereocenters. The minimum absolute atomic E-state index is 0.00765. The Balaban J connectivity index is 1.83. The topological polar surface area (TPSA) is 93.0 Å². The van der Waals surface area contributed by atoms with Gasteiger partial charge < -0.3 is 25.5 Å². The highest BCUT2D eigenvalue weighted by Crippen LogP contribution is 2.43. The Morgan fingerprint density at radius 3 is 2.33 bits per heavy atom. The Morgan fingerprint density at radius 1 is 1.00 bits per heavy atom. The number of amides is 1. The van der Waals surface area contributed by atoms with Crippen LogP contribution in [0.1, 0.15) is 69.9 Å². The maximum atomic E-state index is 12.2. The summed E-state index contributed by atoms with van der Waals surface area (Å²) in [5, 5.41) is 34.8. The van der Waals surface area contributed by atoms with E-state index in [0.717, 1.165) is 26.1 Å². The summed E-state index contributed by atoms with van der Waals surface area (Å²) in [6.45, 7) is 10.1. The molecular formula is C27H40N2O4. The second-order valence-corrected chi connectivity index (χ2v) is 8.63. The van der Waals surface area contributed by atoms with E-state index >= 15 is 0 Å². The van der Waals surface area contributed by atoms with Crippen LogP contribution in [-0.2, 0) is 4.79 Å². The molecule has 0 spiro atoms. The van der Waals surface area contributed by atoms with E-state index in [-0.39, 0.29) is 28.5 Å². The van der Waals surface area contributed by atoms with E-state index in [4.69, 9.17) is 0 Å². The molecule has 0 saturated heterocycles. The Bertz CT molecular complexity index is 932. The maximum absolute atomic E-state index is 12.2. The molecule has 0 saturated carbocycles. The summed E-state index contributed by atoms with van der Waals surface area (Å²) in [6.07, 6.45) is 10.2. The van der Waals surface area contributed by atoms with Crippen molar-refractivity contribution in [3.63, 3.8) is 0 Å². The number of nitrogens with one attached hydrogen (secondary N) is 1. The van der Waals surface area contributed by atoms with Gasteiger partial charge in [-0.2, -0.15) is 0 Å². The van der Waals surface area contributed by atoms with Gasteiger partial charge in [-0.1, -0.05) is 51.0 Å². The predicted molar refractivity (Wildman–Crippen MR) is 136 cm³/mol. The summed E-state index contributed by atoms with van der Waals surface area (Å²) in [7, 11) is 0. The van der Waals surface area contributed by atoms with Crippen molar-refractivity contribution in [3.8, 4) is 17.2 Å². The third kappa shape index (κ3) is 7.67. The summed E-state index contributed by atoms with van der Waals surface area (Å²) < 4.78 is 0. The van der Waals surface area contributed by atoms with E-state index in [9.17, 15) is 20.1 Å². The molecule has 0 radical (unpaired) electrons. The number of nitrogens with zero attached hydrogens (tertiary/aromatic N) is 1. The van der Waals surface area contributed by atoms with E-state index in [1.54, 1.807) is 25.1 Å². The minimum Gasteiger partial charge on any atom is -0.507 e. The van der Waals surface area contributed by atoms with Crippen LogP contribution in [0.25, 0.3) is 16.8 Å². The minimum atomic E-state index is -0.0859. The lowest BCUT2D eigenvalue weighted by atomic mass is 9.97. The first-order chi connectivity index (χ1) is 15.9. The molecule has 1 amide bonds. The summed E-state index contributed by atoms with van der Waals surface area (Å²) in [6, 6.07) is 4.75. The summed E-state index contributed by atoms with van der Waals surface area (Å²) >= 11 is 0.